The van der Waals surface area contributed by atoms with E-state index < -0.39 is 0 Å². The largest absolute Gasteiger partial charge is 4.00 e. The third-order valence-corrected chi connectivity index (χ3v) is 3.73. The van der Waals surface area contributed by atoms with E-state index in [2.05, 4.69) is 52.0 Å². The van der Waals surface area contributed by atoms with Crippen molar-refractivity contribution >= 4 is 0 Å². The van der Waals surface area contributed by atoms with E-state index in [0.29, 0.717) is 0 Å². The summed E-state index contributed by atoms with van der Waals surface area (Å²) in [5, 5.41) is 16.5. The van der Waals surface area contributed by atoms with Crippen molar-refractivity contribution in [1.29, 1.82) is 0 Å². The van der Waals surface area contributed by atoms with E-state index in [1.54, 1.807) is 11.1 Å². The fourth-order valence-corrected chi connectivity index (χ4v) is 2.45. The number of allylic oxidation sites excluding steroid dienone is 8. The third kappa shape index (κ3) is 17.0. The molecule has 0 saturated heterocycles. The second-order valence-electron chi connectivity index (χ2n) is 5.89. The van der Waals surface area contributed by atoms with Crippen molar-refractivity contribution in [3.05, 3.63) is 46.6 Å². The van der Waals surface area contributed by atoms with E-state index in [4.69, 9.17) is 10.2 Å². The molecule has 3 heteroatoms. The van der Waals surface area contributed by atoms with Crippen LogP contribution >= 0.6 is 0 Å². The van der Waals surface area contributed by atoms with Gasteiger partial charge in [-0.2, -0.15) is 25.4 Å². The average Bonchev–Trinajstić information content (AvgIpc) is 3.23. The van der Waals surface area contributed by atoms with Crippen LogP contribution in [0.3, 0.4) is 0 Å². The zero-order chi connectivity index (χ0) is 18.8. The SMILES string of the molecule is CCCCC1=CC(C)=[C-]C1.CCCCC1=CC(C)=[C-]C1.C[O-].C[O-].[Zr+4]. The smallest absolute Gasteiger partial charge is 0.857 e. The number of hydrogen-bond donors (Lipinski definition) is 0. The Hall–Kier alpha value is -0.237. The molecule has 0 fully saturated rings. The van der Waals surface area contributed by atoms with Gasteiger partial charge in [-0.3, -0.25) is 12.2 Å². The maximum atomic E-state index is 8.25. The fourth-order valence-electron chi connectivity index (χ4n) is 2.45. The summed E-state index contributed by atoms with van der Waals surface area (Å²) in [6.07, 6.45) is 21.2. The number of unbranched alkanes of at least 4 members (excludes halogenated alkanes) is 2. The molecule has 0 unspecified atom stereocenters. The molecule has 2 rings (SSSR count). The molecule has 0 bridgehead atoms. The summed E-state index contributed by atoms with van der Waals surface area (Å²) in [6.45, 7) is 8.72. The van der Waals surface area contributed by atoms with Gasteiger partial charge in [-0.15, -0.1) is 12.8 Å². The molecule has 0 aromatic heterocycles. The Balaban J connectivity index is -0.000000312. The van der Waals surface area contributed by atoms with Crippen molar-refractivity contribution in [2.45, 2.75) is 79.1 Å². The summed E-state index contributed by atoms with van der Waals surface area (Å²) in [5.74, 6) is 0. The first-order valence-electron chi connectivity index (χ1n) is 9.01. The number of hydrogen-bond acceptors (Lipinski definition) is 2. The van der Waals surface area contributed by atoms with Gasteiger partial charge < -0.3 is 10.2 Å². The minimum absolute atomic E-state index is 0. The summed E-state index contributed by atoms with van der Waals surface area (Å²) in [7, 11) is 1.50. The monoisotopic (exact) mass is 422 g/mol. The van der Waals surface area contributed by atoms with Gasteiger partial charge in [0.25, 0.3) is 0 Å². The van der Waals surface area contributed by atoms with Crippen molar-refractivity contribution in [3.63, 3.8) is 0 Å². The molecule has 2 aliphatic carbocycles. The molecule has 2 nitrogen and oxygen atoms in total. The Morgan fingerprint density at radius 3 is 1.28 bits per heavy atom. The topological polar surface area (TPSA) is 46.1 Å². The maximum absolute atomic E-state index is 8.25. The fraction of sp³-hybridized carbons (Fsp3) is 0.636. The third-order valence-electron chi connectivity index (χ3n) is 3.73. The first kappa shape index (κ1) is 29.5. The molecule has 0 aromatic rings. The predicted octanol–water partition coefficient (Wildman–Crippen LogP) is 4.46. The molecule has 0 aromatic carbocycles. The number of rotatable bonds is 6. The molecule has 0 saturated carbocycles. The Labute approximate surface area is 175 Å². The second-order valence-corrected chi connectivity index (χ2v) is 5.89. The van der Waals surface area contributed by atoms with Gasteiger partial charge >= 0.3 is 26.2 Å². The molecule has 2 aliphatic rings. The van der Waals surface area contributed by atoms with Crippen molar-refractivity contribution in [2.24, 2.45) is 0 Å². The zero-order valence-electron chi connectivity index (χ0n) is 17.1. The summed E-state index contributed by atoms with van der Waals surface area (Å²) < 4.78 is 0. The van der Waals surface area contributed by atoms with Crippen LogP contribution in [-0.2, 0) is 26.2 Å². The van der Waals surface area contributed by atoms with E-state index in [1.807, 2.05) is 0 Å². The van der Waals surface area contributed by atoms with Crippen LogP contribution in [0.1, 0.15) is 79.1 Å². The van der Waals surface area contributed by atoms with E-state index >= 15 is 0 Å². The van der Waals surface area contributed by atoms with Gasteiger partial charge in [-0.25, -0.2) is 23.3 Å². The Morgan fingerprint density at radius 2 is 1.08 bits per heavy atom. The van der Waals surface area contributed by atoms with Gasteiger partial charge in [0.15, 0.2) is 0 Å². The van der Waals surface area contributed by atoms with Gasteiger partial charge in [0.1, 0.15) is 0 Å². The molecule has 25 heavy (non-hydrogen) atoms. The molecule has 0 heterocycles. The van der Waals surface area contributed by atoms with Gasteiger partial charge in [0.2, 0.25) is 0 Å². The van der Waals surface area contributed by atoms with Crippen LogP contribution in [-0.4, -0.2) is 14.2 Å². The summed E-state index contributed by atoms with van der Waals surface area (Å²) in [6, 6.07) is 0. The Morgan fingerprint density at radius 1 is 0.760 bits per heavy atom. The van der Waals surface area contributed by atoms with Crippen molar-refractivity contribution < 1.29 is 36.4 Å². The van der Waals surface area contributed by atoms with Crippen molar-refractivity contribution in [1.82, 2.24) is 0 Å². The van der Waals surface area contributed by atoms with Gasteiger partial charge in [0.05, 0.1) is 0 Å². The standard InChI is InChI=1S/2C10H15.2CH3O.Zr/c2*1-3-4-5-10-7-6-9(2)8-10;2*1-2;/h2*8H,3-5,7H2,1-2H3;2*1H3;/q4*-1;+4. The maximum Gasteiger partial charge on any atom is 4.00 e. The Bertz CT molecular complexity index is 378. The van der Waals surface area contributed by atoms with E-state index in [0.717, 1.165) is 27.1 Å². The summed E-state index contributed by atoms with van der Waals surface area (Å²) in [5.41, 5.74) is 5.79. The van der Waals surface area contributed by atoms with Crippen LogP contribution < -0.4 is 10.2 Å². The molecule has 0 radical (unpaired) electrons. The van der Waals surface area contributed by atoms with E-state index in [9.17, 15) is 0 Å². The van der Waals surface area contributed by atoms with Crippen LogP contribution in [0.5, 0.6) is 0 Å². The quantitative estimate of drug-likeness (QED) is 0.592. The van der Waals surface area contributed by atoms with Crippen molar-refractivity contribution in [2.75, 3.05) is 14.2 Å². The summed E-state index contributed by atoms with van der Waals surface area (Å²) in [4.78, 5) is 0. The molecule has 0 aliphatic heterocycles. The first-order valence-corrected chi connectivity index (χ1v) is 9.01. The minimum Gasteiger partial charge on any atom is -0.857 e. The van der Waals surface area contributed by atoms with Crippen LogP contribution in [0.2, 0.25) is 0 Å². The second kappa shape index (κ2) is 21.8. The van der Waals surface area contributed by atoms with Crippen LogP contribution in [0.4, 0.5) is 0 Å². The molecule has 140 valence electrons. The van der Waals surface area contributed by atoms with Crippen molar-refractivity contribution in [3.8, 4) is 0 Å². The molecular formula is C22H36O2Zr. The van der Waals surface area contributed by atoms with Gasteiger partial charge in [-0.05, 0) is 12.8 Å². The molecular weight excluding hydrogens is 387 g/mol. The summed E-state index contributed by atoms with van der Waals surface area (Å²) >= 11 is 0. The minimum atomic E-state index is 0. The molecule has 0 atom stereocenters. The van der Waals surface area contributed by atoms with Crippen LogP contribution in [0.15, 0.2) is 34.4 Å². The van der Waals surface area contributed by atoms with Gasteiger partial charge in [-0.1, -0.05) is 53.4 Å². The molecule has 0 spiro atoms. The first-order chi connectivity index (χ1) is 11.7. The van der Waals surface area contributed by atoms with Gasteiger partial charge in [0, 0.05) is 0 Å². The van der Waals surface area contributed by atoms with E-state index in [1.165, 1.54) is 49.7 Å². The Kier molecular flexibility index (Phi) is 25.8. The zero-order valence-corrected chi connectivity index (χ0v) is 19.6. The van der Waals surface area contributed by atoms with Crippen LogP contribution in [0, 0.1) is 12.2 Å². The predicted molar refractivity (Wildman–Crippen MR) is 101 cm³/mol. The average molecular weight is 424 g/mol. The van der Waals surface area contributed by atoms with Crippen LogP contribution in [0.25, 0.3) is 0 Å². The molecule has 0 N–H and O–H groups in total. The molecule has 0 amide bonds. The normalized spacial score (nSPS) is 14.1. The van der Waals surface area contributed by atoms with E-state index in [-0.39, 0.29) is 26.2 Å².